The van der Waals surface area contributed by atoms with E-state index >= 15 is 0 Å². The minimum absolute atomic E-state index is 0.0988. The van der Waals surface area contributed by atoms with Crippen LogP contribution < -0.4 is 4.74 Å². The first-order valence-electron chi connectivity index (χ1n) is 7.04. The van der Waals surface area contributed by atoms with Crippen molar-refractivity contribution < 1.29 is 14.3 Å². The molecular formula is C18H19NO3. The van der Waals surface area contributed by atoms with Crippen LogP contribution in [0.5, 0.6) is 5.75 Å². The fourth-order valence-electron chi connectivity index (χ4n) is 2.76. The maximum atomic E-state index is 12.1. The lowest BCUT2D eigenvalue weighted by Gasteiger charge is -2.16. The number of hydrogen-bond acceptors (Lipinski definition) is 4. The van der Waals surface area contributed by atoms with E-state index in [1.165, 1.54) is 13.8 Å². The number of benzene rings is 1. The molecule has 0 fully saturated rings. The summed E-state index contributed by atoms with van der Waals surface area (Å²) >= 11 is 0. The maximum Gasteiger partial charge on any atom is 0.162 e. The zero-order valence-electron chi connectivity index (χ0n) is 13.5. The van der Waals surface area contributed by atoms with Gasteiger partial charge in [0.25, 0.3) is 0 Å². The van der Waals surface area contributed by atoms with Crippen LogP contribution in [-0.2, 0) is 0 Å². The Morgan fingerprint density at radius 1 is 0.909 bits per heavy atom. The van der Waals surface area contributed by atoms with Crippen molar-refractivity contribution in [3.8, 4) is 16.9 Å². The number of rotatable bonds is 4. The van der Waals surface area contributed by atoms with Crippen molar-refractivity contribution in [3.63, 3.8) is 0 Å². The van der Waals surface area contributed by atoms with Crippen LogP contribution in [0.4, 0.5) is 0 Å². The van der Waals surface area contributed by atoms with Gasteiger partial charge in [-0.15, -0.1) is 0 Å². The number of aromatic nitrogens is 1. The Labute approximate surface area is 130 Å². The van der Waals surface area contributed by atoms with Gasteiger partial charge < -0.3 is 4.74 Å². The van der Waals surface area contributed by atoms with E-state index in [1.807, 2.05) is 24.3 Å². The van der Waals surface area contributed by atoms with Crippen LogP contribution >= 0.6 is 0 Å². The van der Waals surface area contributed by atoms with E-state index in [4.69, 9.17) is 4.74 Å². The molecule has 0 spiro atoms. The second kappa shape index (κ2) is 6.10. The summed E-state index contributed by atoms with van der Waals surface area (Å²) in [5.74, 6) is 0.525. The molecule has 0 radical (unpaired) electrons. The van der Waals surface area contributed by atoms with Gasteiger partial charge >= 0.3 is 0 Å². The molecule has 0 N–H and O–H groups in total. The zero-order chi connectivity index (χ0) is 16.4. The van der Waals surface area contributed by atoms with Crippen LogP contribution in [0.3, 0.4) is 0 Å². The van der Waals surface area contributed by atoms with Crippen LogP contribution in [0.25, 0.3) is 11.1 Å². The van der Waals surface area contributed by atoms with Gasteiger partial charge in [0.05, 0.1) is 7.11 Å². The molecule has 0 aliphatic rings. The Hall–Kier alpha value is -2.49. The van der Waals surface area contributed by atoms with Crippen molar-refractivity contribution in [1.82, 2.24) is 4.98 Å². The highest BCUT2D eigenvalue weighted by Crippen LogP contribution is 2.32. The maximum absolute atomic E-state index is 12.1. The largest absolute Gasteiger partial charge is 0.497 e. The molecule has 0 unspecified atom stereocenters. The summed E-state index contributed by atoms with van der Waals surface area (Å²) in [6.07, 6.45) is 0. The SMILES string of the molecule is COc1ccc(-c2c(C(C)=O)c(C)nc(C)c2C(C)=O)cc1. The Kier molecular flexibility index (Phi) is 4.40. The molecule has 4 nitrogen and oxygen atoms in total. The summed E-state index contributed by atoms with van der Waals surface area (Å²) in [6.45, 7) is 6.58. The van der Waals surface area contributed by atoms with Gasteiger partial charge in [0.1, 0.15) is 5.75 Å². The van der Waals surface area contributed by atoms with Crippen molar-refractivity contribution in [2.75, 3.05) is 7.11 Å². The smallest absolute Gasteiger partial charge is 0.162 e. The van der Waals surface area contributed by atoms with Crippen molar-refractivity contribution in [2.24, 2.45) is 0 Å². The van der Waals surface area contributed by atoms with E-state index in [9.17, 15) is 9.59 Å². The van der Waals surface area contributed by atoms with Crippen molar-refractivity contribution in [1.29, 1.82) is 0 Å². The molecule has 0 bridgehead atoms. The van der Waals surface area contributed by atoms with Crippen molar-refractivity contribution >= 4 is 11.6 Å². The first kappa shape index (κ1) is 15.9. The molecule has 4 heteroatoms. The minimum atomic E-state index is -0.0988. The van der Waals surface area contributed by atoms with Gasteiger partial charge in [-0.3, -0.25) is 14.6 Å². The number of ketones is 2. The predicted octanol–water partition coefficient (Wildman–Crippen LogP) is 3.78. The number of pyridine rings is 1. The molecule has 1 aromatic heterocycles. The molecule has 22 heavy (non-hydrogen) atoms. The Morgan fingerprint density at radius 2 is 1.36 bits per heavy atom. The van der Waals surface area contributed by atoms with E-state index in [0.29, 0.717) is 28.1 Å². The van der Waals surface area contributed by atoms with Crippen LogP contribution in [0.2, 0.25) is 0 Å². The van der Waals surface area contributed by atoms with Crippen molar-refractivity contribution in [3.05, 3.63) is 46.8 Å². The van der Waals surface area contributed by atoms with Crippen LogP contribution in [-0.4, -0.2) is 23.7 Å². The van der Waals surface area contributed by atoms with Crippen LogP contribution in [0.1, 0.15) is 46.0 Å². The zero-order valence-corrected chi connectivity index (χ0v) is 13.5. The third-order valence-electron chi connectivity index (χ3n) is 3.64. The average molecular weight is 297 g/mol. The molecule has 1 heterocycles. The van der Waals surface area contributed by atoms with Gasteiger partial charge in [0, 0.05) is 28.1 Å². The highest BCUT2D eigenvalue weighted by Gasteiger charge is 2.22. The number of aryl methyl sites for hydroxylation is 2. The first-order chi connectivity index (χ1) is 10.4. The first-order valence-corrected chi connectivity index (χ1v) is 7.04. The van der Waals surface area contributed by atoms with Gasteiger partial charge in [0.15, 0.2) is 11.6 Å². The fraction of sp³-hybridized carbons (Fsp3) is 0.278. The predicted molar refractivity (Wildman–Crippen MR) is 85.7 cm³/mol. The number of nitrogens with zero attached hydrogens (tertiary/aromatic N) is 1. The normalized spacial score (nSPS) is 10.4. The molecule has 1 aromatic carbocycles. The second-order valence-electron chi connectivity index (χ2n) is 5.25. The summed E-state index contributed by atoms with van der Waals surface area (Å²) in [5, 5.41) is 0. The van der Waals surface area contributed by atoms with Crippen LogP contribution in [0, 0.1) is 13.8 Å². The molecule has 0 aliphatic heterocycles. The van der Waals surface area contributed by atoms with Gasteiger partial charge in [0.2, 0.25) is 0 Å². The highest BCUT2D eigenvalue weighted by atomic mass is 16.5. The summed E-state index contributed by atoms with van der Waals surface area (Å²) in [7, 11) is 1.59. The lowest BCUT2D eigenvalue weighted by Crippen LogP contribution is -2.11. The number of carbonyl (C=O) groups excluding carboxylic acids is 2. The molecular weight excluding hydrogens is 278 g/mol. The molecule has 2 aromatic rings. The van der Waals surface area contributed by atoms with Crippen molar-refractivity contribution in [2.45, 2.75) is 27.7 Å². The van der Waals surface area contributed by atoms with E-state index in [0.717, 1.165) is 11.3 Å². The number of carbonyl (C=O) groups is 2. The third-order valence-corrected chi connectivity index (χ3v) is 3.64. The van der Waals surface area contributed by atoms with Gasteiger partial charge in [-0.1, -0.05) is 12.1 Å². The van der Waals surface area contributed by atoms with Gasteiger partial charge in [-0.25, -0.2) is 0 Å². The van der Waals surface area contributed by atoms with Gasteiger partial charge in [-0.05, 0) is 45.4 Å². The number of hydrogen-bond donors (Lipinski definition) is 0. The Morgan fingerprint density at radius 3 is 1.73 bits per heavy atom. The number of Topliss-reactive ketones (excluding diaryl/α,β-unsaturated/α-hetero) is 2. The molecule has 0 amide bonds. The number of ether oxygens (including phenoxy) is 1. The Bertz CT molecular complexity index is 708. The molecule has 0 aliphatic carbocycles. The fourth-order valence-corrected chi connectivity index (χ4v) is 2.76. The third kappa shape index (κ3) is 2.77. The molecule has 0 saturated heterocycles. The quantitative estimate of drug-likeness (QED) is 0.806. The summed E-state index contributed by atoms with van der Waals surface area (Å²) in [5.41, 5.74) is 3.75. The minimum Gasteiger partial charge on any atom is -0.497 e. The lowest BCUT2D eigenvalue weighted by atomic mass is 9.89. The van der Waals surface area contributed by atoms with E-state index < -0.39 is 0 Å². The van der Waals surface area contributed by atoms with E-state index in [2.05, 4.69) is 4.98 Å². The topological polar surface area (TPSA) is 56.3 Å². The van der Waals surface area contributed by atoms with E-state index in [-0.39, 0.29) is 11.6 Å². The monoisotopic (exact) mass is 297 g/mol. The summed E-state index contributed by atoms with van der Waals surface area (Å²) < 4.78 is 5.16. The highest BCUT2D eigenvalue weighted by molar-refractivity contribution is 6.10. The summed E-state index contributed by atoms with van der Waals surface area (Å²) in [6, 6.07) is 7.33. The standard InChI is InChI=1S/C18H19NO3/c1-10-16(12(3)20)18(17(13(4)21)11(2)19-10)14-6-8-15(22-5)9-7-14/h6-9H,1-5H3. The molecule has 0 atom stereocenters. The molecule has 114 valence electrons. The summed E-state index contributed by atoms with van der Waals surface area (Å²) in [4.78, 5) is 28.6. The van der Waals surface area contributed by atoms with Gasteiger partial charge in [-0.2, -0.15) is 0 Å². The number of methoxy groups -OCH3 is 1. The molecule has 2 rings (SSSR count). The lowest BCUT2D eigenvalue weighted by molar-refractivity contribution is 0.101. The Balaban J connectivity index is 2.85. The van der Waals surface area contributed by atoms with E-state index in [1.54, 1.807) is 21.0 Å². The molecule has 0 saturated carbocycles. The average Bonchev–Trinajstić information content (AvgIpc) is 2.45. The van der Waals surface area contributed by atoms with Crippen LogP contribution in [0.15, 0.2) is 24.3 Å². The second-order valence-corrected chi connectivity index (χ2v) is 5.25.